The number of nitrogens with two attached hydrogens (primary N) is 1. The lowest BCUT2D eigenvalue weighted by Gasteiger charge is -2.30. The highest BCUT2D eigenvalue weighted by molar-refractivity contribution is 7.87. The molecular weight excluding hydrogens is 195 g/mol. The SMILES string of the molecule is CC(C)N(C[P@](N)(=O)Cl)C(C)C. The first kappa shape index (κ1) is 12.4. The molecule has 0 rings (SSSR count). The van der Waals surface area contributed by atoms with Gasteiger partial charge in [-0.25, -0.2) is 0 Å². The van der Waals surface area contributed by atoms with Crippen LogP contribution in [0.15, 0.2) is 0 Å². The van der Waals surface area contributed by atoms with Crippen LogP contribution in [0.5, 0.6) is 0 Å². The van der Waals surface area contributed by atoms with Crippen LogP contribution in [0.4, 0.5) is 0 Å². The molecule has 0 bridgehead atoms. The quantitative estimate of drug-likeness (QED) is 0.729. The molecule has 0 aromatic rings. The highest BCUT2D eigenvalue weighted by Crippen LogP contribution is 2.43. The van der Waals surface area contributed by atoms with E-state index in [1.165, 1.54) is 0 Å². The Labute approximate surface area is 79.5 Å². The van der Waals surface area contributed by atoms with Gasteiger partial charge in [0.05, 0.1) is 6.29 Å². The van der Waals surface area contributed by atoms with Crippen LogP contribution in [-0.2, 0) is 4.57 Å². The van der Waals surface area contributed by atoms with Gasteiger partial charge in [-0.3, -0.25) is 15.0 Å². The summed E-state index contributed by atoms with van der Waals surface area (Å²) in [6.45, 7) is 5.21. The maximum absolute atomic E-state index is 11.1. The van der Waals surface area contributed by atoms with Crippen molar-refractivity contribution < 1.29 is 4.57 Å². The second-order valence-electron chi connectivity index (χ2n) is 3.55. The minimum Gasteiger partial charge on any atom is -0.289 e. The molecule has 0 aliphatic rings. The van der Waals surface area contributed by atoms with Gasteiger partial charge in [0, 0.05) is 12.1 Å². The van der Waals surface area contributed by atoms with Crippen molar-refractivity contribution >= 4 is 17.9 Å². The van der Waals surface area contributed by atoms with E-state index >= 15 is 0 Å². The van der Waals surface area contributed by atoms with E-state index in [0.717, 1.165) is 0 Å². The summed E-state index contributed by atoms with van der Waals surface area (Å²) in [5.41, 5.74) is 5.29. The van der Waals surface area contributed by atoms with Gasteiger partial charge in [0.1, 0.15) is 0 Å². The Bertz CT molecular complexity index is 170. The normalized spacial score (nSPS) is 17.4. The molecule has 0 aliphatic heterocycles. The van der Waals surface area contributed by atoms with Crippen molar-refractivity contribution in [2.75, 3.05) is 6.29 Å². The van der Waals surface area contributed by atoms with Gasteiger partial charge in [0.25, 0.3) is 0 Å². The van der Waals surface area contributed by atoms with Crippen LogP contribution in [0.25, 0.3) is 0 Å². The molecule has 0 radical (unpaired) electrons. The molecule has 0 aromatic heterocycles. The standard InChI is InChI=1S/C7H18ClN2OP/c1-6(2)10(7(3)4)5-12(8,9)11/h6-7H,5H2,1-4H3,(H2,9,11)/t12-/m0/s1. The van der Waals surface area contributed by atoms with Gasteiger partial charge in [-0.1, -0.05) is 0 Å². The molecule has 0 aromatic carbocycles. The summed E-state index contributed by atoms with van der Waals surface area (Å²) in [6, 6.07) is 0.640. The van der Waals surface area contributed by atoms with E-state index in [0.29, 0.717) is 12.1 Å². The Morgan fingerprint density at radius 1 is 1.33 bits per heavy atom. The highest BCUT2D eigenvalue weighted by atomic mass is 35.7. The van der Waals surface area contributed by atoms with Crippen molar-refractivity contribution in [3.8, 4) is 0 Å². The van der Waals surface area contributed by atoms with Gasteiger partial charge in [0.15, 0.2) is 0 Å². The van der Waals surface area contributed by atoms with Gasteiger partial charge >= 0.3 is 0 Å². The molecule has 0 fully saturated rings. The summed E-state index contributed by atoms with van der Waals surface area (Å²) < 4.78 is 11.1. The van der Waals surface area contributed by atoms with E-state index in [9.17, 15) is 4.57 Å². The highest BCUT2D eigenvalue weighted by Gasteiger charge is 2.21. The van der Waals surface area contributed by atoms with Gasteiger partial charge in [0.2, 0.25) is 6.65 Å². The Morgan fingerprint density at radius 3 is 1.75 bits per heavy atom. The molecular formula is C7H18ClN2OP. The van der Waals surface area contributed by atoms with Crippen molar-refractivity contribution in [3.63, 3.8) is 0 Å². The Morgan fingerprint density at radius 2 is 1.67 bits per heavy atom. The molecule has 1 atom stereocenters. The molecule has 0 unspecified atom stereocenters. The monoisotopic (exact) mass is 212 g/mol. The van der Waals surface area contributed by atoms with E-state index in [1.807, 2.05) is 32.6 Å². The van der Waals surface area contributed by atoms with Gasteiger partial charge < -0.3 is 0 Å². The second kappa shape index (κ2) is 4.61. The maximum atomic E-state index is 11.1. The average molecular weight is 213 g/mol. The molecule has 5 heteroatoms. The molecule has 0 saturated heterocycles. The number of nitrogens with zero attached hydrogens (tertiary/aromatic N) is 1. The Balaban J connectivity index is 4.25. The molecule has 0 aliphatic carbocycles. The zero-order valence-electron chi connectivity index (χ0n) is 8.12. The number of halogens is 1. The molecule has 12 heavy (non-hydrogen) atoms. The summed E-state index contributed by atoms with van der Waals surface area (Å²) in [5, 5.41) is 0. The molecule has 0 heterocycles. The minimum absolute atomic E-state index is 0.282. The van der Waals surface area contributed by atoms with E-state index in [4.69, 9.17) is 16.7 Å². The predicted molar refractivity (Wildman–Crippen MR) is 54.6 cm³/mol. The van der Waals surface area contributed by atoms with Gasteiger partial charge in [-0.2, -0.15) is 0 Å². The van der Waals surface area contributed by atoms with Crippen molar-refractivity contribution in [2.45, 2.75) is 39.8 Å². The molecule has 0 spiro atoms. The topological polar surface area (TPSA) is 46.3 Å². The summed E-state index contributed by atoms with van der Waals surface area (Å²) in [6.07, 6.45) is 0.282. The smallest absolute Gasteiger partial charge is 0.243 e. The summed E-state index contributed by atoms with van der Waals surface area (Å²) in [7, 11) is 0. The van der Waals surface area contributed by atoms with Gasteiger partial charge in [-0.15, -0.1) is 0 Å². The fourth-order valence-corrected chi connectivity index (χ4v) is 2.61. The molecule has 3 nitrogen and oxygen atoms in total. The Kier molecular flexibility index (Phi) is 4.78. The van der Waals surface area contributed by atoms with Crippen LogP contribution in [-0.4, -0.2) is 23.3 Å². The van der Waals surface area contributed by atoms with Crippen LogP contribution in [0.3, 0.4) is 0 Å². The third-order valence-corrected chi connectivity index (χ3v) is 2.72. The number of hydrogen-bond acceptors (Lipinski definition) is 2. The lowest BCUT2D eigenvalue weighted by molar-refractivity contribution is 0.206. The zero-order valence-corrected chi connectivity index (χ0v) is 9.77. The van der Waals surface area contributed by atoms with Crippen LogP contribution in [0, 0.1) is 0 Å². The van der Waals surface area contributed by atoms with E-state index < -0.39 is 6.65 Å². The van der Waals surface area contributed by atoms with Crippen LogP contribution in [0.1, 0.15) is 27.7 Å². The van der Waals surface area contributed by atoms with E-state index in [2.05, 4.69) is 0 Å². The van der Waals surface area contributed by atoms with E-state index in [1.54, 1.807) is 0 Å². The third-order valence-electron chi connectivity index (χ3n) is 1.68. The molecule has 0 amide bonds. The van der Waals surface area contributed by atoms with Crippen LogP contribution < -0.4 is 5.50 Å². The fraction of sp³-hybridized carbons (Fsp3) is 1.00. The van der Waals surface area contributed by atoms with Crippen LogP contribution >= 0.6 is 17.9 Å². The zero-order chi connectivity index (χ0) is 9.94. The van der Waals surface area contributed by atoms with Crippen molar-refractivity contribution in [1.29, 1.82) is 0 Å². The first-order chi connectivity index (χ1) is 5.24. The van der Waals surface area contributed by atoms with Crippen LogP contribution in [0.2, 0.25) is 0 Å². The summed E-state index contributed by atoms with van der Waals surface area (Å²) in [4.78, 5) is 2.02. The number of hydrogen-bond donors (Lipinski definition) is 1. The van der Waals surface area contributed by atoms with Crippen molar-refractivity contribution in [1.82, 2.24) is 4.90 Å². The van der Waals surface area contributed by atoms with Crippen molar-refractivity contribution in [3.05, 3.63) is 0 Å². The van der Waals surface area contributed by atoms with Gasteiger partial charge in [-0.05, 0) is 38.9 Å². The summed E-state index contributed by atoms with van der Waals surface area (Å²) in [5.74, 6) is 0. The maximum Gasteiger partial charge on any atom is 0.243 e. The third kappa shape index (κ3) is 5.15. The summed E-state index contributed by atoms with van der Waals surface area (Å²) >= 11 is 5.51. The fourth-order valence-electron chi connectivity index (χ4n) is 1.15. The Hall–Kier alpha value is 0.440. The first-order valence-corrected chi connectivity index (χ1v) is 6.93. The second-order valence-corrected chi connectivity index (χ2v) is 6.95. The largest absolute Gasteiger partial charge is 0.289 e. The minimum atomic E-state index is -2.93. The average Bonchev–Trinajstić information content (AvgIpc) is 1.79. The lowest BCUT2D eigenvalue weighted by Crippen LogP contribution is -2.37. The molecule has 74 valence electrons. The molecule has 2 N–H and O–H groups in total. The van der Waals surface area contributed by atoms with Crippen molar-refractivity contribution in [2.24, 2.45) is 5.50 Å². The first-order valence-electron chi connectivity index (χ1n) is 4.07. The number of rotatable bonds is 4. The van der Waals surface area contributed by atoms with E-state index in [-0.39, 0.29) is 6.29 Å². The predicted octanol–water partition coefficient (Wildman–Crippen LogP) is 2.45. The molecule has 0 saturated carbocycles. The lowest BCUT2D eigenvalue weighted by atomic mass is 10.2.